The van der Waals surface area contributed by atoms with E-state index in [9.17, 15) is 4.79 Å². The third-order valence-electron chi connectivity index (χ3n) is 5.50. The van der Waals surface area contributed by atoms with Crippen molar-refractivity contribution in [3.05, 3.63) is 74.8 Å². The van der Waals surface area contributed by atoms with Crippen LogP contribution >= 0.6 is 11.6 Å². The zero-order chi connectivity index (χ0) is 20.3. The summed E-state index contributed by atoms with van der Waals surface area (Å²) in [5, 5.41) is 3.40. The molecule has 148 valence electrons. The second kappa shape index (κ2) is 8.89. The predicted molar refractivity (Wildman–Crippen MR) is 116 cm³/mol. The topological polar surface area (TPSA) is 62.4 Å². The van der Waals surface area contributed by atoms with E-state index in [1.165, 1.54) is 11.1 Å². The van der Waals surface area contributed by atoms with Crippen molar-refractivity contribution in [2.45, 2.75) is 52.6 Å². The van der Waals surface area contributed by atoms with Crippen molar-refractivity contribution >= 4 is 22.5 Å². The van der Waals surface area contributed by atoms with E-state index in [4.69, 9.17) is 11.6 Å². The van der Waals surface area contributed by atoms with Crippen LogP contribution in [0, 0.1) is 5.92 Å². The minimum Gasteiger partial charge on any atom is -0.334 e. The fourth-order valence-corrected chi connectivity index (χ4v) is 3.74. The van der Waals surface area contributed by atoms with Gasteiger partial charge in [-0.05, 0) is 36.1 Å². The number of aromatic nitrogens is 2. The summed E-state index contributed by atoms with van der Waals surface area (Å²) < 4.78 is 0. The highest BCUT2D eigenvalue weighted by Crippen LogP contribution is 2.23. The van der Waals surface area contributed by atoms with Crippen LogP contribution in [0.2, 0.25) is 5.02 Å². The van der Waals surface area contributed by atoms with E-state index in [0.29, 0.717) is 46.2 Å². The standard InChI is InChI=1S/C23H28ClN3O/c1-5-15(4)16-6-8-17(9-7-16)22(14(2)3)25-13-21-26-20-12-18(24)10-11-19(20)23(28)27-21/h6-12,14-15,22,25H,5,13H2,1-4H3,(H,26,27,28)/p+1/t15-,22+/m0/s1. The van der Waals surface area contributed by atoms with E-state index in [-0.39, 0.29) is 5.56 Å². The Bertz CT molecular complexity index is 995. The number of nitrogens with two attached hydrogens (primary N) is 1. The first-order valence-electron chi connectivity index (χ1n) is 10.0. The molecule has 5 heteroatoms. The van der Waals surface area contributed by atoms with Crippen molar-refractivity contribution in [2.24, 2.45) is 5.92 Å². The van der Waals surface area contributed by atoms with Crippen molar-refractivity contribution in [3.8, 4) is 0 Å². The summed E-state index contributed by atoms with van der Waals surface area (Å²) in [5.74, 6) is 1.70. The normalized spacial score (nSPS) is 13.8. The van der Waals surface area contributed by atoms with Crippen LogP contribution in [-0.4, -0.2) is 9.97 Å². The lowest BCUT2D eigenvalue weighted by molar-refractivity contribution is -0.718. The molecule has 0 unspecified atom stereocenters. The second-order valence-corrected chi connectivity index (χ2v) is 8.30. The Morgan fingerprint density at radius 1 is 1.07 bits per heavy atom. The quantitative estimate of drug-likeness (QED) is 0.613. The Hall–Kier alpha value is -2.17. The summed E-state index contributed by atoms with van der Waals surface area (Å²) in [6.07, 6.45) is 1.14. The number of fused-ring (bicyclic) bond motifs is 1. The van der Waals surface area contributed by atoms with Gasteiger partial charge in [0.1, 0.15) is 12.6 Å². The predicted octanol–water partition coefficient (Wildman–Crippen LogP) is 4.55. The van der Waals surface area contributed by atoms with Crippen LogP contribution in [0.4, 0.5) is 0 Å². The monoisotopic (exact) mass is 398 g/mol. The number of hydrogen-bond acceptors (Lipinski definition) is 2. The van der Waals surface area contributed by atoms with E-state index in [1.54, 1.807) is 18.2 Å². The molecule has 0 aliphatic rings. The van der Waals surface area contributed by atoms with Crippen LogP contribution < -0.4 is 10.9 Å². The minimum atomic E-state index is -0.121. The zero-order valence-corrected chi connectivity index (χ0v) is 17.8. The summed E-state index contributed by atoms with van der Waals surface area (Å²) in [5.41, 5.74) is 3.20. The molecule has 0 saturated heterocycles. The number of H-pyrrole nitrogens is 1. The van der Waals surface area contributed by atoms with Crippen molar-refractivity contribution in [3.63, 3.8) is 0 Å². The first-order chi connectivity index (χ1) is 13.4. The molecule has 0 fully saturated rings. The van der Waals surface area contributed by atoms with E-state index >= 15 is 0 Å². The second-order valence-electron chi connectivity index (χ2n) is 7.86. The smallest absolute Gasteiger partial charge is 0.258 e. The van der Waals surface area contributed by atoms with Gasteiger partial charge in [-0.2, -0.15) is 0 Å². The van der Waals surface area contributed by atoms with Gasteiger partial charge < -0.3 is 10.3 Å². The Balaban J connectivity index is 1.80. The molecule has 0 amide bonds. The lowest BCUT2D eigenvalue weighted by Crippen LogP contribution is -2.85. The van der Waals surface area contributed by atoms with Crippen LogP contribution in [0.15, 0.2) is 47.3 Å². The molecule has 3 rings (SSSR count). The van der Waals surface area contributed by atoms with Gasteiger partial charge in [-0.15, -0.1) is 0 Å². The summed E-state index contributed by atoms with van der Waals surface area (Å²) >= 11 is 6.06. The minimum absolute atomic E-state index is 0.121. The number of quaternary nitrogens is 1. The Morgan fingerprint density at radius 2 is 1.75 bits per heavy atom. The number of nitrogens with zero attached hydrogens (tertiary/aromatic N) is 1. The lowest BCUT2D eigenvalue weighted by atomic mass is 9.92. The van der Waals surface area contributed by atoms with Crippen molar-refractivity contribution in [2.75, 3.05) is 0 Å². The van der Waals surface area contributed by atoms with Gasteiger partial charge in [0.05, 0.1) is 10.9 Å². The molecule has 2 aromatic carbocycles. The zero-order valence-electron chi connectivity index (χ0n) is 17.0. The van der Waals surface area contributed by atoms with Crippen molar-refractivity contribution < 1.29 is 5.32 Å². The summed E-state index contributed by atoms with van der Waals surface area (Å²) in [7, 11) is 0. The number of hydrogen-bond donors (Lipinski definition) is 2. The number of benzene rings is 2. The molecule has 0 radical (unpaired) electrons. The van der Waals surface area contributed by atoms with Crippen LogP contribution in [0.3, 0.4) is 0 Å². The molecule has 2 atom stereocenters. The van der Waals surface area contributed by atoms with Gasteiger partial charge in [0.15, 0.2) is 5.82 Å². The molecule has 0 saturated carbocycles. The van der Waals surface area contributed by atoms with Gasteiger partial charge in [0, 0.05) is 16.5 Å². The molecule has 3 aromatic rings. The first-order valence-corrected chi connectivity index (χ1v) is 10.4. The average Bonchev–Trinajstić information content (AvgIpc) is 2.67. The maximum absolute atomic E-state index is 12.3. The molecule has 0 aliphatic heterocycles. The molecule has 1 heterocycles. The molecular weight excluding hydrogens is 370 g/mol. The molecule has 0 spiro atoms. The van der Waals surface area contributed by atoms with Gasteiger partial charge in [-0.25, -0.2) is 4.98 Å². The maximum Gasteiger partial charge on any atom is 0.258 e. The fraction of sp³-hybridized carbons (Fsp3) is 0.391. The molecular formula is C23H29ClN3O+. The largest absolute Gasteiger partial charge is 0.334 e. The lowest BCUT2D eigenvalue weighted by Gasteiger charge is -2.20. The number of rotatable bonds is 7. The van der Waals surface area contributed by atoms with Gasteiger partial charge in [0.2, 0.25) is 0 Å². The van der Waals surface area contributed by atoms with E-state index in [2.05, 4.69) is 67.2 Å². The van der Waals surface area contributed by atoms with Crippen molar-refractivity contribution in [1.82, 2.24) is 9.97 Å². The Labute approximate surface area is 171 Å². The van der Waals surface area contributed by atoms with Crippen LogP contribution in [-0.2, 0) is 6.54 Å². The summed E-state index contributed by atoms with van der Waals surface area (Å²) in [6.45, 7) is 9.52. The van der Waals surface area contributed by atoms with E-state index < -0.39 is 0 Å². The molecule has 0 bridgehead atoms. The number of halogens is 1. The summed E-state index contributed by atoms with van der Waals surface area (Å²) in [6, 6.07) is 14.4. The molecule has 28 heavy (non-hydrogen) atoms. The third-order valence-corrected chi connectivity index (χ3v) is 5.74. The SMILES string of the molecule is CC[C@H](C)c1ccc([C@H]([NH2+]Cc2nc3cc(Cl)ccc3c(=O)[nH]2)C(C)C)cc1. The summed E-state index contributed by atoms with van der Waals surface area (Å²) in [4.78, 5) is 19.8. The van der Waals surface area contributed by atoms with Crippen LogP contribution in [0.5, 0.6) is 0 Å². The maximum atomic E-state index is 12.3. The number of aromatic amines is 1. The van der Waals surface area contributed by atoms with Crippen LogP contribution in [0.25, 0.3) is 10.9 Å². The molecule has 1 aromatic heterocycles. The highest BCUT2D eigenvalue weighted by Gasteiger charge is 2.20. The Morgan fingerprint density at radius 3 is 2.39 bits per heavy atom. The average molecular weight is 399 g/mol. The van der Waals surface area contributed by atoms with Crippen LogP contribution in [0.1, 0.15) is 63.0 Å². The first kappa shape index (κ1) is 20.6. The van der Waals surface area contributed by atoms with Gasteiger partial charge in [-0.1, -0.05) is 63.6 Å². The third kappa shape index (κ3) is 4.62. The molecule has 4 nitrogen and oxygen atoms in total. The van der Waals surface area contributed by atoms with E-state index in [0.717, 1.165) is 6.42 Å². The fourth-order valence-electron chi connectivity index (χ4n) is 3.57. The van der Waals surface area contributed by atoms with E-state index in [1.807, 2.05) is 0 Å². The molecule has 3 N–H and O–H groups in total. The Kier molecular flexibility index (Phi) is 6.53. The van der Waals surface area contributed by atoms with Gasteiger partial charge >= 0.3 is 0 Å². The highest BCUT2D eigenvalue weighted by atomic mass is 35.5. The van der Waals surface area contributed by atoms with Crippen molar-refractivity contribution in [1.29, 1.82) is 0 Å². The molecule has 0 aliphatic carbocycles. The van der Waals surface area contributed by atoms with Gasteiger partial charge in [0.25, 0.3) is 5.56 Å². The van der Waals surface area contributed by atoms with Gasteiger partial charge in [-0.3, -0.25) is 4.79 Å². The highest BCUT2D eigenvalue weighted by molar-refractivity contribution is 6.31. The number of nitrogens with one attached hydrogen (secondary N) is 1.